The molecule has 9 heteroatoms. The van der Waals surface area contributed by atoms with E-state index in [1.807, 2.05) is 39.0 Å². The molecule has 4 rings (SSSR count). The highest BCUT2D eigenvalue weighted by Crippen LogP contribution is 2.23. The monoisotopic (exact) mass is 437 g/mol. The minimum atomic E-state index is -0.0671. The second-order valence-corrected chi connectivity index (χ2v) is 8.26. The predicted molar refractivity (Wildman–Crippen MR) is 123 cm³/mol. The smallest absolute Gasteiger partial charge is 0.226 e. The number of carbonyl (C=O) groups is 1. The number of nitrogens with zero attached hydrogens (tertiary/aromatic N) is 6. The third-order valence-corrected chi connectivity index (χ3v) is 5.73. The van der Waals surface area contributed by atoms with Crippen molar-refractivity contribution < 1.29 is 9.21 Å². The van der Waals surface area contributed by atoms with Crippen molar-refractivity contribution in [3.8, 4) is 17.4 Å². The van der Waals surface area contributed by atoms with Crippen molar-refractivity contribution in [3.63, 3.8) is 0 Å². The van der Waals surface area contributed by atoms with Crippen molar-refractivity contribution in [2.75, 3.05) is 44.6 Å². The number of hydrogen-bond donors (Lipinski definition) is 1. The van der Waals surface area contributed by atoms with Gasteiger partial charge < -0.3 is 19.5 Å². The topological polar surface area (TPSA) is 92.3 Å². The molecule has 9 nitrogen and oxygen atoms in total. The Morgan fingerprint density at radius 2 is 1.81 bits per heavy atom. The van der Waals surface area contributed by atoms with Crippen LogP contribution in [0.2, 0.25) is 0 Å². The summed E-state index contributed by atoms with van der Waals surface area (Å²) in [6, 6.07) is 7.43. The number of carbonyl (C=O) groups excluding carboxylic acids is 1. The Morgan fingerprint density at radius 3 is 2.44 bits per heavy atom. The number of hydrogen-bond acceptors (Lipinski definition) is 7. The number of furan rings is 1. The van der Waals surface area contributed by atoms with Gasteiger partial charge in [0.05, 0.1) is 5.69 Å². The van der Waals surface area contributed by atoms with Gasteiger partial charge in [0.15, 0.2) is 17.4 Å². The molecule has 1 aliphatic heterocycles. The van der Waals surface area contributed by atoms with Crippen LogP contribution in [0, 0.1) is 20.8 Å². The highest BCUT2D eigenvalue weighted by Gasteiger charge is 2.18. The molecule has 0 spiro atoms. The molecule has 1 amide bonds. The van der Waals surface area contributed by atoms with Crippen molar-refractivity contribution in [2.24, 2.45) is 0 Å². The van der Waals surface area contributed by atoms with Crippen LogP contribution in [0.4, 0.5) is 5.82 Å². The van der Waals surface area contributed by atoms with Gasteiger partial charge >= 0.3 is 0 Å². The lowest BCUT2D eigenvalue weighted by Crippen LogP contribution is -2.46. The first-order chi connectivity index (χ1) is 15.4. The first-order valence-corrected chi connectivity index (χ1v) is 11.2. The van der Waals surface area contributed by atoms with Crippen LogP contribution in [-0.2, 0) is 4.79 Å². The van der Waals surface area contributed by atoms with E-state index in [9.17, 15) is 4.79 Å². The van der Waals surface area contributed by atoms with E-state index in [0.29, 0.717) is 29.6 Å². The Morgan fingerprint density at radius 1 is 1.06 bits per heavy atom. The summed E-state index contributed by atoms with van der Waals surface area (Å²) >= 11 is 0. The fourth-order valence-corrected chi connectivity index (χ4v) is 3.93. The van der Waals surface area contributed by atoms with Crippen LogP contribution >= 0.6 is 0 Å². The molecule has 3 aromatic heterocycles. The highest BCUT2D eigenvalue weighted by atomic mass is 16.3. The molecule has 0 unspecified atom stereocenters. The summed E-state index contributed by atoms with van der Waals surface area (Å²) in [5, 5.41) is 7.47. The third kappa shape index (κ3) is 5.23. The minimum absolute atomic E-state index is 0.0671. The quantitative estimate of drug-likeness (QED) is 0.608. The number of nitrogens with one attached hydrogen (secondary N) is 1. The molecule has 1 fully saturated rings. The number of aryl methyl sites for hydroxylation is 3. The molecule has 4 heterocycles. The summed E-state index contributed by atoms with van der Waals surface area (Å²) in [7, 11) is 0. The van der Waals surface area contributed by atoms with Gasteiger partial charge in [-0.15, -0.1) is 0 Å². The number of amides is 1. The minimum Gasteiger partial charge on any atom is -0.458 e. The molecule has 0 radical (unpaired) electrons. The van der Waals surface area contributed by atoms with Crippen molar-refractivity contribution >= 4 is 11.7 Å². The molecule has 0 saturated carbocycles. The fourth-order valence-electron chi connectivity index (χ4n) is 3.93. The molecule has 0 bridgehead atoms. The molecular formula is C23H31N7O2. The van der Waals surface area contributed by atoms with E-state index in [-0.39, 0.29) is 5.91 Å². The number of anilines is 1. The van der Waals surface area contributed by atoms with Gasteiger partial charge in [-0.2, -0.15) is 5.10 Å². The fraction of sp³-hybridized carbons (Fsp3) is 0.478. The van der Waals surface area contributed by atoms with Crippen LogP contribution in [0.1, 0.15) is 30.5 Å². The van der Waals surface area contributed by atoms with E-state index >= 15 is 0 Å². The molecule has 3 aromatic rings. The zero-order valence-electron chi connectivity index (χ0n) is 19.3. The lowest BCUT2D eigenvalue weighted by molar-refractivity contribution is -0.116. The van der Waals surface area contributed by atoms with Gasteiger partial charge in [-0.25, -0.2) is 14.6 Å². The summed E-state index contributed by atoms with van der Waals surface area (Å²) in [6.07, 6.45) is 0.417. The predicted octanol–water partition coefficient (Wildman–Crippen LogP) is 2.81. The highest BCUT2D eigenvalue weighted by molar-refractivity contribution is 5.90. The third-order valence-electron chi connectivity index (χ3n) is 5.73. The molecular weight excluding hydrogens is 406 g/mol. The average molecular weight is 438 g/mol. The Kier molecular flexibility index (Phi) is 6.66. The molecule has 1 aliphatic rings. The summed E-state index contributed by atoms with van der Waals surface area (Å²) in [4.78, 5) is 26.6. The van der Waals surface area contributed by atoms with Crippen LogP contribution in [0.5, 0.6) is 0 Å². The summed E-state index contributed by atoms with van der Waals surface area (Å²) in [5.74, 6) is 2.69. The van der Waals surface area contributed by atoms with Crippen molar-refractivity contribution in [1.29, 1.82) is 0 Å². The van der Waals surface area contributed by atoms with Gasteiger partial charge in [-0.05, 0) is 45.5 Å². The van der Waals surface area contributed by atoms with E-state index in [1.54, 1.807) is 10.7 Å². The van der Waals surface area contributed by atoms with Gasteiger partial charge in [-0.3, -0.25) is 4.79 Å². The summed E-state index contributed by atoms with van der Waals surface area (Å²) in [6.45, 7) is 13.9. The van der Waals surface area contributed by atoms with Gasteiger partial charge in [0, 0.05) is 50.9 Å². The molecule has 1 saturated heterocycles. The maximum absolute atomic E-state index is 12.7. The van der Waals surface area contributed by atoms with Crippen LogP contribution < -0.4 is 5.32 Å². The van der Waals surface area contributed by atoms with Gasteiger partial charge in [-0.1, -0.05) is 6.92 Å². The first kappa shape index (κ1) is 22.2. The second kappa shape index (κ2) is 9.62. The Bertz CT molecular complexity index is 1080. The normalized spacial score (nSPS) is 15.2. The number of piperazine rings is 1. The van der Waals surface area contributed by atoms with Gasteiger partial charge in [0.2, 0.25) is 5.91 Å². The maximum Gasteiger partial charge on any atom is 0.226 e. The van der Waals surface area contributed by atoms with Crippen LogP contribution in [0.3, 0.4) is 0 Å². The lowest BCUT2D eigenvalue weighted by Gasteiger charge is -2.33. The van der Waals surface area contributed by atoms with Crippen molar-refractivity contribution in [3.05, 3.63) is 41.4 Å². The average Bonchev–Trinajstić information content (AvgIpc) is 3.37. The van der Waals surface area contributed by atoms with Crippen LogP contribution in [0.15, 0.2) is 28.7 Å². The Labute approximate surface area is 188 Å². The zero-order chi connectivity index (χ0) is 22.7. The number of aromatic nitrogens is 4. The van der Waals surface area contributed by atoms with Crippen LogP contribution in [-0.4, -0.2) is 74.7 Å². The molecule has 0 atom stereocenters. The van der Waals surface area contributed by atoms with E-state index in [2.05, 4.69) is 37.1 Å². The zero-order valence-corrected chi connectivity index (χ0v) is 19.3. The molecule has 1 N–H and O–H groups in total. The van der Waals surface area contributed by atoms with E-state index in [4.69, 9.17) is 4.42 Å². The second-order valence-electron chi connectivity index (χ2n) is 8.26. The largest absolute Gasteiger partial charge is 0.458 e. The number of rotatable bonds is 7. The maximum atomic E-state index is 12.7. The van der Waals surface area contributed by atoms with E-state index < -0.39 is 0 Å². The van der Waals surface area contributed by atoms with Crippen molar-refractivity contribution in [1.82, 2.24) is 29.5 Å². The molecule has 170 valence electrons. The lowest BCUT2D eigenvalue weighted by atomic mass is 10.3. The number of likely N-dealkylation sites (N-methyl/N-ethyl adjacent to an activating group) is 1. The van der Waals surface area contributed by atoms with E-state index in [0.717, 1.165) is 56.4 Å². The van der Waals surface area contributed by atoms with Crippen molar-refractivity contribution in [2.45, 2.75) is 34.1 Å². The SMILES string of the molecule is CCN1CCN(CCC(=O)Nc2cc(-n3nc(C)cc3C)nc(-c3ccc(C)o3)n2)CC1. The first-order valence-electron chi connectivity index (χ1n) is 11.2. The van der Waals surface area contributed by atoms with Gasteiger partial charge in [0.1, 0.15) is 11.6 Å². The standard InChI is InChI=1S/C23H31N7O2/c1-5-28-10-12-29(13-11-28)9-8-22(31)24-20-15-21(30-17(3)14-16(2)27-30)26-23(25-20)19-7-6-18(4)32-19/h6-7,14-15H,5,8-13H2,1-4H3,(H,24,25,26,31). The summed E-state index contributed by atoms with van der Waals surface area (Å²) < 4.78 is 7.47. The molecule has 0 aliphatic carbocycles. The van der Waals surface area contributed by atoms with Crippen LogP contribution in [0.25, 0.3) is 17.4 Å². The Hall–Kier alpha value is -3.04. The molecule has 0 aromatic carbocycles. The summed E-state index contributed by atoms with van der Waals surface area (Å²) in [5.41, 5.74) is 1.84. The van der Waals surface area contributed by atoms with E-state index in [1.165, 1.54) is 0 Å². The van der Waals surface area contributed by atoms with Gasteiger partial charge in [0.25, 0.3) is 0 Å². The molecule has 32 heavy (non-hydrogen) atoms. The Balaban J connectivity index is 1.50.